The molecule has 1 heterocycles. The Morgan fingerprint density at radius 1 is 1.44 bits per heavy atom. The number of hydrogen-bond donors (Lipinski definition) is 2. The van der Waals surface area contributed by atoms with Crippen LogP contribution in [0, 0.1) is 5.92 Å². The highest BCUT2D eigenvalue weighted by Crippen LogP contribution is 2.19. The molecule has 1 fully saturated rings. The molecule has 0 spiro atoms. The molecule has 1 saturated heterocycles. The maximum absolute atomic E-state index is 9.69. The first-order valence-electron chi connectivity index (χ1n) is 5.74. The molecule has 0 saturated carbocycles. The first-order valence-corrected chi connectivity index (χ1v) is 5.74. The fourth-order valence-electron chi connectivity index (χ4n) is 1.79. The zero-order valence-electron chi connectivity index (χ0n) is 9.80. The van der Waals surface area contributed by atoms with Crippen molar-refractivity contribution in [2.75, 3.05) is 40.1 Å². The number of aliphatic hydroxyl groups excluding tert-OH is 2. The Morgan fingerprint density at radius 2 is 2.25 bits per heavy atom. The minimum absolute atomic E-state index is 0.0229. The fraction of sp³-hybridized carbons (Fsp3) is 1.00. The van der Waals surface area contributed by atoms with Gasteiger partial charge in [-0.3, -0.25) is 0 Å². The molecule has 0 radical (unpaired) electrons. The van der Waals surface area contributed by atoms with Crippen molar-refractivity contribution in [3.05, 3.63) is 0 Å². The van der Waals surface area contributed by atoms with E-state index in [1.54, 1.807) is 7.11 Å². The molecule has 2 N–H and O–H groups in total. The van der Waals surface area contributed by atoms with Crippen molar-refractivity contribution < 1.29 is 24.4 Å². The largest absolute Gasteiger partial charge is 0.393 e. The highest BCUT2D eigenvalue weighted by atomic mass is 16.5. The molecule has 5 heteroatoms. The van der Waals surface area contributed by atoms with Crippen LogP contribution in [0.2, 0.25) is 0 Å². The van der Waals surface area contributed by atoms with E-state index < -0.39 is 6.10 Å². The number of ether oxygens (including phenoxy) is 3. The number of aliphatic hydroxyl groups is 2. The Kier molecular flexibility index (Phi) is 6.91. The zero-order chi connectivity index (χ0) is 11.8. The Bertz CT molecular complexity index is 176. The minimum Gasteiger partial charge on any atom is -0.393 e. The van der Waals surface area contributed by atoms with E-state index in [4.69, 9.17) is 14.2 Å². The van der Waals surface area contributed by atoms with Crippen molar-refractivity contribution in [2.24, 2.45) is 5.92 Å². The third-order valence-electron chi connectivity index (χ3n) is 2.75. The van der Waals surface area contributed by atoms with E-state index in [0.717, 1.165) is 0 Å². The van der Waals surface area contributed by atoms with Crippen LogP contribution in [0.5, 0.6) is 0 Å². The average molecular weight is 234 g/mol. The summed E-state index contributed by atoms with van der Waals surface area (Å²) in [5.41, 5.74) is 0. The SMILES string of the molecule is COCCOCC(O)CC1COCCC1O. The molecule has 0 bridgehead atoms. The van der Waals surface area contributed by atoms with E-state index >= 15 is 0 Å². The molecule has 0 aromatic carbocycles. The van der Waals surface area contributed by atoms with Crippen LogP contribution in [0.15, 0.2) is 0 Å². The first-order chi connectivity index (χ1) is 7.74. The van der Waals surface area contributed by atoms with Gasteiger partial charge in [0.05, 0.1) is 38.6 Å². The molecule has 1 aliphatic heterocycles. The first kappa shape index (κ1) is 13.9. The van der Waals surface area contributed by atoms with E-state index in [1.165, 1.54) is 0 Å². The molecule has 3 unspecified atom stereocenters. The van der Waals surface area contributed by atoms with Gasteiger partial charge in [-0.25, -0.2) is 0 Å². The van der Waals surface area contributed by atoms with Gasteiger partial charge in [-0.1, -0.05) is 0 Å². The van der Waals surface area contributed by atoms with Gasteiger partial charge in [0, 0.05) is 19.6 Å². The summed E-state index contributed by atoms with van der Waals surface area (Å²) in [5, 5.41) is 19.4. The van der Waals surface area contributed by atoms with Gasteiger partial charge in [-0.15, -0.1) is 0 Å². The lowest BCUT2D eigenvalue weighted by Crippen LogP contribution is -2.35. The molecular formula is C11H22O5. The summed E-state index contributed by atoms with van der Waals surface area (Å²) < 4.78 is 15.3. The molecule has 96 valence electrons. The molecular weight excluding hydrogens is 212 g/mol. The van der Waals surface area contributed by atoms with E-state index in [0.29, 0.717) is 39.3 Å². The van der Waals surface area contributed by atoms with Gasteiger partial charge in [-0.2, -0.15) is 0 Å². The summed E-state index contributed by atoms with van der Waals surface area (Å²) in [6.45, 7) is 2.43. The second kappa shape index (κ2) is 7.97. The van der Waals surface area contributed by atoms with Crippen LogP contribution in [-0.2, 0) is 14.2 Å². The zero-order valence-corrected chi connectivity index (χ0v) is 9.80. The highest BCUT2D eigenvalue weighted by Gasteiger charge is 2.25. The third-order valence-corrected chi connectivity index (χ3v) is 2.75. The van der Waals surface area contributed by atoms with Gasteiger partial charge in [0.25, 0.3) is 0 Å². The Morgan fingerprint density at radius 3 is 2.94 bits per heavy atom. The summed E-state index contributed by atoms with van der Waals surface area (Å²) >= 11 is 0. The van der Waals surface area contributed by atoms with Gasteiger partial charge < -0.3 is 24.4 Å². The van der Waals surface area contributed by atoms with Crippen LogP contribution >= 0.6 is 0 Å². The molecule has 0 amide bonds. The standard InChI is InChI=1S/C11H22O5/c1-14-4-5-16-8-10(12)6-9-7-15-3-2-11(9)13/h9-13H,2-8H2,1H3. The molecule has 0 aromatic heterocycles. The molecule has 5 nitrogen and oxygen atoms in total. The second-order valence-electron chi connectivity index (χ2n) is 4.15. The topological polar surface area (TPSA) is 68.2 Å². The molecule has 3 atom stereocenters. The Balaban J connectivity index is 2.09. The fourth-order valence-corrected chi connectivity index (χ4v) is 1.79. The van der Waals surface area contributed by atoms with E-state index in [2.05, 4.69) is 0 Å². The Hall–Kier alpha value is -0.200. The molecule has 1 rings (SSSR count). The van der Waals surface area contributed by atoms with Crippen LogP contribution in [-0.4, -0.2) is 62.6 Å². The summed E-state index contributed by atoms with van der Waals surface area (Å²) in [6.07, 6.45) is 0.274. The number of rotatable bonds is 7. The third kappa shape index (κ3) is 5.23. The van der Waals surface area contributed by atoms with Crippen LogP contribution in [0.3, 0.4) is 0 Å². The maximum atomic E-state index is 9.69. The van der Waals surface area contributed by atoms with Crippen molar-refractivity contribution in [3.63, 3.8) is 0 Å². The van der Waals surface area contributed by atoms with Crippen LogP contribution in [0.1, 0.15) is 12.8 Å². The van der Waals surface area contributed by atoms with E-state index in [-0.39, 0.29) is 18.6 Å². The van der Waals surface area contributed by atoms with Gasteiger partial charge in [-0.05, 0) is 12.8 Å². The molecule has 1 aliphatic rings. The van der Waals surface area contributed by atoms with Gasteiger partial charge in [0.2, 0.25) is 0 Å². The number of hydrogen-bond acceptors (Lipinski definition) is 5. The van der Waals surface area contributed by atoms with Crippen molar-refractivity contribution >= 4 is 0 Å². The monoisotopic (exact) mass is 234 g/mol. The molecule has 16 heavy (non-hydrogen) atoms. The maximum Gasteiger partial charge on any atom is 0.0778 e. The lowest BCUT2D eigenvalue weighted by Gasteiger charge is -2.29. The Labute approximate surface area is 96.3 Å². The predicted molar refractivity (Wildman–Crippen MR) is 58.3 cm³/mol. The second-order valence-corrected chi connectivity index (χ2v) is 4.15. The van der Waals surface area contributed by atoms with Crippen LogP contribution in [0.4, 0.5) is 0 Å². The average Bonchev–Trinajstić information content (AvgIpc) is 2.28. The van der Waals surface area contributed by atoms with E-state index in [9.17, 15) is 10.2 Å². The summed E-state index contributed by atoms with van der Waals surface area (Å²) in [4.78, 5) is 0. The highest BCUT2D eigenvalue weighted by molar-refractivity contribution is 4.75. The normalized spacial score (nSPS) is 27.9. The summed E-state index contributed by atoms with van der Waals surface area (Å²) in [5.74, 6) is 0.0229. The van der Waals surface area contributed by atoms with Crippen molar-refractivity contribution in [1.82, 2.24) is 0 Å². The summed E-state index contributed by atoms with van der Waals surface area (Å²) in [7, 11) is 1.61. The quantitative estimate of drug-likeness (QED) is 0.597. The van der Waals surface area contributed by atoms with Gasteiger partial charge >= 0.3 is 0 Å². The van der Waals surface area contributed by atoms with Gasteiger partial charge in [0.1, 0.15) is 0 Å². The van der Waals surface area contributed by atoms with Crippen molar-refractivity contribution in [3.8, 4) is 0 Å². The lowest BCUT2D eigenvalue weighted by atomic mass is 9.93. The van der Waals surface area contributed by atoms with Gasteiger partial charge in [0.15, 0.2) is 0 Å². The van der Waals surface area contributed by atoms with Crippen LogP contribution in [0.25, 0.3) is 0 Å². The van der Waals surface area contributed by atoms with Crippen molar-refractivity contribution in [2.45, 2.75) is 25.0 Å². The molecule has 0 aliphatic carbocycles. The molecule has 0 aromatic rings. The van der Waals surface area contributed by atoms with Crippen LogP contribution < -0.4 is 0 Å². The smallest absolute Gasteiger partial charge is 0.0778 e. The number of methoxy groups -OCH3 is 1. The van der Waals surface area contributed by atoms with E-state index in [1.807, 2.05) is 0 Å². The lowest BCUT2D eigenvalue weighted by molar-refractivity contribution is -0.0634. The minimum atomic E-state index is -0.543. The van der Waals surface area contributed by atoms with Crippen molar-refractivity contribution in [1.29, 1.82) is 0 Å². The summed E-state index contributed by atoms with van der Waals surface area (Å²) in [6, 6.07) is 0. The predicted octanol–water partition coefficient (Wildman–Crippen LogP) is -0.202.